The van der Waals surface area contributed by atoms with Crippen molar-refractivity contribution in [2.24, 2.45) is 5.41 Å². The minimum atomic E-state index is -0.809. The zero-order valence-corrected chi connectivity index (χ0v) is 27.2. The second kappa shape index (κ2) is 15.9. The molecular formula is C38H47NO3S. The molecule has 1 aromatic heterocycles. The van der Waals surface area contributed by atoms with Crippen molar-refractivity contribution in [2.75, 3.05) is 5.75 Å². The van der Waals surface area contributed by atoms with E-state index in [1.165, 1.54) is 27.6 Å². The van der Waals surface area contributed by atoms with E-state index >= 15 is 0 Å². The first-order valence-corrected chi connectivity index (χ1v) is 16.0. The first-order valence-electron chi connectivity index (χ1n) is 15.3. The Morgan fingerprint density at radius 3 is 2.33 bits per heavy atom. The normalized spacial score (nSPS) is 13.6. The number of rotatable bonds is 10. The fourth-order valence-corrected chi connectivity index (χ4v) is 5.50. The summed E-state index contributed by atoms with van der Waals surface area (Å²) in [7, 11) is 0. The lowest BCUT2D eigenvalue weighted by atomic mass is 9.90. The highest BCUT2D eigenvalue weighted by Gasteiger charge is 2.42. The number of pyridine rings is 1. The first kappa shape index (κ1) is 34.1. The first-order chi connectivity index (χ1) is 20.6. The largest absolute Gasteiger partial charge is 0.481 e. The second-order valence-electron chi connectivity index (χ2n) is 11.8. The number of aliphatic hydroxyl groups is 1. The summed E-state index contributed by atoms with van der Waals surface area (Å²) in [5, 5.41) is 20.0. The van der Waals surface area contributed by atoms with E-state index in [1.54, 1.807) is 0 Å². The van der Waals surface area contributed by atoms with Crippen LogP contribution in [0.2, 0.25) is 0 Å². The van der Waals surface area contributed by atoms with Gasteiger partial charge in [0.15, 0.2) is 0 Å². The van der Waals surface area contributed by atoms with Gasteiger partial charge in [0.2, 0.25) is 0 Å². The Bertz CT molecular complexity index is 1520. The van der Waals surface area contributed by atoms with Crippen LogP contribution in [0.25, 0.3) is 23.1 Å². The van der Waals surface area contributed by atoms with Crippen molar-refractivity contribution in [1.29, 1.82) is 0 Å². The van der Waals surface area contributed by atoms with Crippen molar-refractivity contribution in [3.8, 4) is 0 Å². The maximum atomic E-state index is 10.4. The molecule has 0 amide bonds. The van der Waals surface area contributed by atoms with Crippen molar-refractivity contribution in [3.05, 3.63) is 112 Å². The lowest BCUT2D eigenvalue weighted by molar-refractivity contribution is -0.138. The van der Waals surface area contributed by atoms with E-state index in [-0.39, 0.29) is 5.41 Å². The molecule has 0 radical (unpaired) electrons. The third-order valence-corrected chi connectivity index (χ3v) is 8.34. The molecule has 0 aliphatic heterocycles. The lowest BCUT2D eigenvalue weighted by Crippen LogP contribution is -2.18. The van der Waals surface area contributed by atoms with Gasteiger partial charge in [-0.25, -0.2) is 4.98 Å². The summed E-state index contributed by atoms with van der Waals surface area (Å²) in [6, 6.07) is 27.5. The zero-order chi connectivity index (χ0) is 31.5. The molecule has 0 bridgehead atoms. The molecule has 1 aliphatic rings. The molecule has 0 spiro atoms. The molecule has 1 saturated carbocycles. The van der Waals surface area contributed by atoms with Gasteiger partial charge in [0.05, 0.1) is 23.2 Å². The molecule has 2 N–H and O–H groups in total. The molecule has 4 nitrogen and oxygen atoms in total. The summed E-state index contributed by atoms with van der Waals surface area (Å²) in [5.41, 5.74) is 7.27. The van der Waals surface area contributed by atoms with Crippen LogP contribution in [-0.4, -0.2) is 26.9 Å². The maximum Gasteiger partial charge on any atom is 0.303 e. The van der Waals surface area contributed by atoms with Gasteiger partial charge in [0.25, 0.3) is 0 Å². The van der Waals surface area contributed by atoms with Crippen LogP contribution in [0.1, 0.15) is 86.9 Å². The van der Waals surface area contributed by atoms with Crippen LogP contribution in [0.4, 0.5) is 0 Å². The number of carbonyl (C=O) groups is 1. The van der Waals surface area contributed by atoms with Crippen molar-refractivity contribution in [3.63, 3.8) is 0 Å². The van der Waals surface area contributed by atoms with Gasteiger partial charge in [0, 0.05) is 5.39 Å². The van der Waals surface area contributed by atoms with Gasteiger partial charge < -0.3 is 10.2 Å². The monoisotopic (exact) mass is 597 g/mol. The summed E-state index contributed by atoms with van der Waals surface area (Å²) >= 11 is 4.07. The van der Waals surface area contributed by atoms with E-state index in [0.717, 1.165) is 54.6 Å². The predicted octanol–water partition coefficient (Wildman–Crippen LogP) is 9.31. The van der Waals surface area contributed by atoms with E-state index in [9.17, 15) is 9.90 Å². The summed E-state index contributed by atoms with van der Waals surface area (Å²) in [6.45, 7) is 9.80. The van der Waals surface area contributed by atoms with Gasteiger partial charge in [-0.05, 0) is 110 Å². The Morgan fingerprint density at radius 1 is 0.953 bits per heavy atom. The summed E-state index contributed by atoms with van der Waals surface area (Å²) in [5.74, 6) is 0.0285. The highest BCUT2D eigenvalue weighted by atomic mass is 32.1. The Kier molecular flexibility index (Phi) is 12.6. The van der Waals surface area contributed by atoms with E-state index in [2.05, 4.69) is 98.4 Å². The molecule has 228 valence electrons. The van der Waals surface area contributed by atoms with Gasteiger partial charge in [-0.1, -0.05) is 86.7 Å². The number of aliphatic carboxylic acids is 1. The molecule has 0 saturated heterocycles. The predicted molar refractivity (Wildman–Crippen MR) is 185 cm³/mol. The highest BCUT2D eigenvalue weighted by molar-refractivity contribution is 7.80. The van der Waals surface area contributed by atoms with Crippen LogP contribution in [0.5, 0.6) is 0 Å². The lowest BCUT2D eigenvalue weighted by Gasteiger charge is -2.21. The Balaban J connectivity index is 0.000000390. The van der Waals surface area contributed by atoms with Gasteiger partial charge in [0.1, 0.15) is 0 Å². The number of benzene rings is 3. The number of carboxylic acids is 1. The molecule has 5 heteroatoms. The van der Waals surface area contributed by atoms with E-state index in [4.69, 9.17) is 10.1 Å². The van der Waals surface area contributed by atoms with Crippen molar-refractivity contribution < 1.29 is 15.0 Å². The molecular weight excluding hydrogens is 550 g/mol. The maximum absolute atomic E-state index is 10.4. The van der Waals surface area contributed by atoms with Crippen LogP contribution in [-0.2, 0) is 23.2 Å². The van der Waals surface area contributed by atoms with Crippen molar-refractivity contribution in [1.82, 2.24) is 4.98 Å². The minimum Gasteiger partial charge on any atom is -0.481 e. The molecule has 1 heterocycles. The van der Waals surface area contributed by atoms with E-state index in [1.807, 2.05) is 39.8 Å². The highest BCUT2D eigenvalue weighted by Crippen LogP contribution is 2.49. The molecule has 0 atom stereocenters. The fourth-order valence-electron chi connectivity index (χ4n) is 5.08. The van der Waals surface area contributed by atoms with Crippen LogP contribution >= 0.6 is 12.6 Å². The van der Waals surface area contributed by atoms with Crippen LogP contribution in [0.15, 0.2) is 78.9 Å². The Labute approximate surface area is 263 Å². The second-order valence-corrected chi connectivity index (χ2v) is 12.1. The minimum absolute atomic E-state index is 0.0783. The van der Waals surface area contributed by atoms with Crippen molar-refractivity contribution >= 4 is 41.7 Å². The van der Waals surface area contributed by atoms with Crippen LogP contribution < -0.4 is 0 Å². The third-order valence-electron chi connectivity index (χ3n) is 7.67. The van der Waals surface area contributed by atoms with Gasteiger partial charge in [-0.15, -0.1) is 0 Å². The average molecular weight is 598 g/mol. The number of hydrogen-bond acceptors (Lipinski definition) is 4. The van der Waals surface area contributed by atoms with Crippen LogP contribution in [0.3, 0.4) is 0 Å². The standard InChI is InChI=1S/C30H31NO.C6H10O2S.C2H6/c1-22-14-16-26-17-19-27(31-29(26)20-22)18-15-24-9-6-8-23(21-24)10-7-12-25-11-4-5-13-28(25)30(2,3)32;7-5(8)3-6(4-9)1-2-6;1-2/h4-6,8-9,11,13-21,32H,7,10,12H2,1-3H3;9H,1-4H2,(H,7,8);1-2H3/b18-15+;;. The number of nitrogens with zero attached hydrogens (tertiary/aromatic N) is 1. The number of aromatic nitrogens is 1. The molecule has 5 rings (SSSR count). The Morgan fingerprint density at radius 2 is 1.67 bits per heavy atom. The van der Waals surface area contributed by atoms with Gasteiger partial charge >= 0.3 is 5.97 Å². The third kappa shape index (κ3) is 10.7. The van der Waals surface area contributed by atoms with Crippen molar-refractivity contribution in [2.45, 2.75) is 78.7 Å². The number of carboxylic acid groups (broad SMARTS) is 1. The smallest absolute Gasteiger partial charge is 0.303 e. The fraction of sp³-hybridized carbons (Fsp3) is 0.368. The molecule has 1 aliphatic carbocycles. The topological polar surface area (TPSA) is 70.4 Å². The summed E-state index contributed by atoms with van der Waals surface area (Å²) in [6.07, 6.45) is 9.63. The number of thiol groups is 1. The van der Waals surface area contributed by atoms with E-state index in [0.29, 0.717) is 6.42 Å². The molecule has 1 fully saturated rings. The Hall–Kier alpha value is -3.41. The summed E-state index contributed by atoms with van der Waals surface area (Å²) < 4.78 is 0. The van der Waals surface area contributed by atoms with Gasteiger partial charge in [-0.2, -0.15) is 12.6 Å². The molecule has 0 unspecified atom stereocenters. The van der Waals surface area contributed by atoms with Gasteiger partial charge in [-0.3, -0.25) is 4.79 Å². The molecule has 43 heavy (non-hydrogen) atoms. The average Bonchev–Trinajstić information content (AvgIpc) is 3.76. The zero-order valence-electron chi connectivity index (χ0n) is 26.3. The van der Waals surface area contributed by atoms with Crippen LogP contribution in [0, 0.1) is 12.3 Å². The van der Waals surface area contributed by atoms with E-state index < -0.39 is 11.6 Å². The quantitative estimate of drug-likeness (QED) is 0.159. The molecule has 3 aromatic carbocycles. The summed E-state index contributed by atoms with van der Waals surface area (Å²) in [4.78, 5) is 15.0. The molecule has 4 aromatic rings. The SMILES string of the molecule is CC.Cc1ccc2ccc(/C=C/c3cccc(CCCc4ccccc4C(C)(C)O)c3)nc2c1.O=C(O)CC1(CS)CC1. The number of hydrogen-bond donors (Lipinski definition) is 3. The number of aryl methyl sites for hydroxylation is 3. The number of fused-ring (bicyclic) bond motifs is 1.